The Hall–Kier alpha value is -2.66. The van der Waals surface area contributed by atoms with Gasteiger partial charge in [-0.05, 0) is 61.4 Å². The van der Waals surface area contributed by atoms with E-state index in [9.17, 15) is 4.79 Å². The molecule has 1 fully saturated rings. The number of nitrogens with one attached hydrogen (secondary N) is 1. The lowest BCUT2D eigenvalue weighted by Crippen LogP contribution is -2.36. The zero-order chi connectivity index (χ0) is 20.2. The second kappa shape index (κ2) is 8.78. The molecule has 0 aliphatic heterocycles. The molecule has 1 aromatic heterocycles. The minimum absolute atomic E-state index is 0.0255. The van der Waals surface area contributed by atoms with E-state index in [1.807, 2.05) is 42.5 Å². The summed E-state index contributed by atoms with van der Waals surface area (Å²) in [7, 11) is 0. The summed E-state index contributed by atoms with van der Waals surface area (Å²) in [6, 6.07) is 16.4. The fourth-order valence-corrected chi connectivity index (χ4v) is 3.90. The number of amides is 1. The van der Waals surface area contributed by atoms with Crippen molar-refractivity contribution < 1.29 is 9.21 Å². The first-order valence-electron chi connectivity index (χ1n) is 10.0. The first-order valence-corrected chi connectivity index (χ1v) is 10.4. The minimum atomic E-state index is -0.510. The zero-order valence-electron chi connectivity index (χ0n) is 16.3. The van der Waals surface area contributed by atoms with Crippen molar-refractivity contribution in [1.29, 1.82) is 0 Å². The summed E-state index contributed by atoms with van der Waals surface area (Å²) in [6.45, 7) is 2.24. The van der Waals surface area contributed by atoms with E-state index < -0.39 is 6.04 Å². The summed E-state index contributed by atoms with van der Waals surface area (Å²) in [6.07, 6.45) is 4.00. The number of aromatic nitrogens is 2. The third kappa shape index (κ3) is 4.67. The molecular formula is C23H24ClN3O2. The maximum atomic E-state index is 13.0. The molecule has 1 amide bonds. The standard InChI is InChI=1S/C23H24ClN3O2/c1-15-7-9-17(10-8-15)21(28)25-20(16-11-13-19(24)14-12-16)23-27-26-22(29-23)18-5-3-2-4-6-18/h2-6,11-15,17,20H,7-10H2,1H3,(H,25,28). The highest BCUT2D eigenvalue weighted by Crippen LogP contribution is 2.31. The average Bonchev–Trinajstić information content (AvgIpc) is 3.24. The van der Waals surface area contributed by atoms with Crippen LogP contribution in [0.4, 0.5) is 0 Å². The molecule has 0 saturated heterocycles. The van der Waals surface area contributed by atoms with Crippen LogP contribution in [0.25, 0.3) is 11.5 Å². The predicted octanol–water partition coefficient (Wildman–Crippen LogP) is 5.42. The molecule has 150 valence electrons. The van der Waals surface area contributed by atoms with E-state index in [-0.39, 0.29) is 11.8 Å². The van der Waals surface area contributed by atoms with Crippen molar-refractivity contribution >= 4 is 17.5 Å². The Bertz CT molecular complexity index is 948. The van der Waals surface area contributed by atoms with Crippen LogP contribution in [0, 0.1) is 11.8 Å². The van der Waals surface area contributed by atoms with Crippen molar-refractivity contribution in [2.75, 3.05) is 0 Å². The first kappa shape index (κ1) is 19.6. The van der Waals surface area contributed by atoms with E-state index in [4.69, 9.17) is 16.0 Å². The van der Waals surface area contributed by atoms with Crippen molar-refractivity contribution in [3.8, 4) is 11.5 Å². The largest absolute Gasteiger partial charge is 0.418 e. The molecule has 0 spiro atoms. The second-order valence-electron chi connectivity index (χ2n) is 7.76. The Kier molecular flexibility index (Phi) is 5.95. The van der Waals surface area contributed by atoms with Gasteiger partial charge in [-0.25, -0.2) is 0 Å². The molecule has 1 N–H and O–H groups in total. The van der Waals surface area contributed by atoms with Crippen LogP contribution in [0.15, 0.2) is 59.0 Å². The van der Waals surface area contributed by atoms with Crippen molar-refractivity contribution in [2.24, 2.45) is 11.8 Å². The maximum Gasteiger partial charge on any atom is 0.247 e. The summed E-state index contributed by atoms with van der Waals surface area (Å²) < 4.78 is 5.95. The van der Waals surface area contributed by atoms with Gasteiger partial charge in [0.1, 0.15) is 6.04 Å². The number of hydrogen-bond donors (Lipinski definition) is 1. The molecule has 6 heteroatoms. The summed E-state index contributed by atoms with van der Waals surface area (Å²) in [4.78, 5) is 13.0. The number of hydrogen-bond acceptors (Lipinski definition) is 4. The number of rotatable bonds is 5. The molecule has 29 heavy (non-hydrogen) atoms. The lowest BCUT2D eigenvalue weighted by molar-refractivity contribution is -0.126. The van der Waals surface area contributed by atoms with E-state index >= 15 is 0 Å². The first-order chi connectivity index (χ1) is 14.1. The van der Waals surface area contributed by atoms with Crippen molar-refractivity contribution in [3.63, 3.8) is 0 Å². The van der Waals surface area contributed by atoms with Crippen molar-refractivity contribution in [1.82, 2.24) is 15.5 Å². The molecule has 3 aromatic rings. The van der Waals surface area contributed by atoms with Gasteiger partial charge >= 0.3 is 0 Å². The van der Waals surface area contributed by atoms with Crippen LogP contribution in [0.3, 0.4) is 0 Å². The lowest BCUT2D eigenvalue weighted by Gasteiger charge is -2.27. The number of halogens is 1. The minimum Gasteiger partial charge on any atom is -0.418 e. The van der Waals surface area contributed by atoms with Crippen LogP contribution in [0.5, 0.6) is 0 Å². The molecule has 1 saturated carbocycles. The molecule has 0 bridgehead atoms. The van der Waals surface area contributed by atoms with Gasteiger partial charge < -0.3 is 9.73 Å². The van der Waals surface area contributed by atoms with Gasteiger partial charge in [0.15, 0.2) is 0 Å². The van der Waals surface area contributed by atoms with E-state index in [1.54, 1.807) is 12.1 Å². The number of nitrogens with zero attached hydrogens (tertiary/aromatic N) is 2. The van der Waals surface area contributed by atoms with Gasteiger partial charge in [0.05, 0.1) is 0 Å². The van der Waals surface area contributed by atoms with Gasteiger partial charge in [0.2, 0.25) is 17.7 Å². The molecule has 5 nitrogen and oxygen atoms in total. The molecule has 0 radical (unpaired) electrons. The smallest absolute Gasteiger partial charge is 0.247 e. The molecule has 1 heterocycles. The molecular weight excluding hydrogens is 386 g/mol. The third-order valence-corrected chi connectivity index (χ3v) is 5.84. The molecule has 1 unspecified atom stereocenters. The van der Waals surface area contributed by atoms with Crippen LogP contribution < -0.4 is 5.32 Å². The monoisotopic (exact) mass is 409 g/mol. The zero-order valence-corrected chi connectivity index (χ0v) is 17.1. The van der Waals surface area contributed by atoms with Gasteiger partial charge in [0, 0.05) is 16.5 Å². The fourth-order valence-electron chi connectivity index (χ4n) is 3.77. The van der Waals surface area contributed by atoms with Gasteiger partial charge in [0.25, 0.3) is 0 Å². The maximum absolute atomic E-state index is 13.0. The Morgan fingerprint density at radius 1 is 1.03 bits per heavy atom. The number of carbonyl (C=O) groups excluding carboxylic acids is 1. The Morgan fingerprint density at radius 3 is 2.41 bits per heavy atom. The van der Waals surface area contributed by atoms with E-state index in [0.29, 0.717) is 22.7 Å². The van der Waals surface area contributed by atoms with Crippen molar-refractivity contribution in [3.05, 3.63) is 71.1 Å². The van der Waals surface area contributed by atoms with Gasteiger partial charge in [-0.3, -0.25) is 4.79 Å². The van der Waals surface area contributed by atoms with E-state index in [1.165, 1.54) is 0 Å². The van der Waals surface area contributed by atoms with Gasteiger partial charge in [-0.1, -0.05) is 48.9 Å². The topological polar surface area (TPSA) is 68.0 Å². The fraction of sp³-hybridized carbons (Fsp3) is 0.348. The quantitative estimate of drug-likeness (QED) is 0.610. The summed E-state index contributed by atoms with van der Waals surface area (Å²) in [5.74, 6) is 1.55. The highest BCUT2D eigenvalue weighted by atomic mass is 35.5. The predicted molar refractivity (Wildman–Crippen MR) is 112 cm³/mol. The van der Waals surface area contributed by atoms with Crippen LogP contribution >= 0.6 is 11.6 Å². The van der Waals surface area contributed by atoms with Crippen LogP contribution in [0.1, 0.15) is 50.1 Å². The van der Waals surface area contributed by atoms with Crippen LogP contribution in [-0.4, -0.2) is 16.1 Å². The highest BCUT2D eigenvalue weighted by Gasteiger charge is 2.29. The van der Waals surface area contributed by atoms with E-state index in [0.717, 1.165) is 36.8 Å². The van der Waals surface area contributed by atoms with Crippen LogP contribution in [-0.2, 0) is 4.79 Å². The molecule has 1 aliphatic rings. The molecule has 1 aliphatic carbocycles. The van der Waals surface area contributed by atoms with Crippen molar-refractivity contribution in [2.45, 2.75) is 38.6 Å². The summed E-state index contributed by atoms with van der Waals surface area (Å²) >= 11 is 6.05. The highest BCUT2D eigenvalue weighted by molar-refractivity contribution is 6.30. The molecule has 4 rings (SSSR count). The Morgan fingerprint density at radius 2 is 1.72 bits per heavy atom. The summed E-state index contributed by atoms with van der Waals surface area (Å²) in [5.41, 5.74) is 1.70. The van der Waals surface area contributed by atoms with Gasteiger partial charge in [-0.2, -0.15) is 0 Å². The second-order valence-corrected chi connectivity index (χ2v) is 8.20. The molecule has 2 aromatic carbocycles. The van der Waals surface area contributed by atoms with E-state index in [2.05, 4.69) is 22.4 Å². The lowest BCUT2D eigenvalue weighted by atomic mass is 9.82. The average molecular weight is 410 g/mol. The number of carbonyl (C=O) groups is 1. The Labute approximate surface area is 175 Å². The van der Waals surface area contributed by atoms with Crippen LogP contribution in [0.2, 0.25) is 5.02 Å². The SMILES string of the molecule is CC1CCC(C(=O)NC(c2ccc(Cl)cc2)c2nnc(-c3ccccc3)o2)CC1. The summed E-state index contributed by atoms with van der Waals surface area (Å²) in [5, 5.41) is 12.2. The van der Waals surface area contributed by atoms with Gasteiger partial charge in [-0.15, -0.1) is 10.2 Å². The Balaban J connectivity index is 1.60. The molecule has 1 atom stereocenters. The third-order valence-electron chi connectivity index (χ3n) is 5.58. The number of benzene rings is 2. The normalized spacial score (nSPS) is 20.2.